The van der Waals surface area contributed by atoms with Crippen LogP contribution in [0.4, 0.5) is 0 Å². The highest BCUT2D eigenvalue weighted by molar-refractivity contribution is 6.36. The summed E-state index contributed by atoms with van der Waals surface area (Å²) in [6, 6.07) is 21.4. The van der Waals surface area contributed by atoms with Gasteiger partial charge in [-0.3, -0.25) is 14.3 Å². The quantitative estimate of drug-likeness (QED) is 0.241. The number of aromatic nitrogens is 2. The van der Waals surface area contributed by atoms with E-state index in [1.165, 1.54) is 0 Å². The standard InChI is InChI=1S/C32H28ClN3O3/c33-28-9-8-26(29(37)11-22-13-32(14-22)15-23(16-32)12-30(38)39)31-27(28)18-35-36(31)19-20-4-6-24(7-5-20)25-3-1-2-21(10-25)17-34/h1-10,18,22-23H,11-16,19H2,(H,38,39). The Morgan fingerprint density at radius 3 is 2.41 bits per heavy atom. The summed E-state index contributed by atoms with van der Waals surface area (Å²) in [5, 5.41) is 24.1. The van der Waals surface area contributed by atoms with Crippen LogP contribution in [-0.2, 0) is 11.3 Å². The molecule has 1 aromatic heterocycles. The predicted molar refractivity (Wildman–Crippen MR) is 150 cm³/mol. The number of nitrogens with zero attached hydrogens (tertiary/aromatic N) is 3. The summed E-state index contributed by atoms with van der Waals surface area (Å²) in [7, 11) is 0. The third-order valence-electron chi connectivity index (χ3n) is 8.48. The first-order chi connectivity index (χ1) is 18.8. The molecule has 6 nitrogen and oxygen atoms in total. The molecule has 0 bridgehead atoms. The number of Topliss-reactive ketones (excluding diaryl/α,β-unsaturated/α-hetero) is 1. The average molecular weight is 538 g/mol. The van der Waals surface area contributed by atoms with Gasteiger partial charge in [0, 0.05) is 23.8 Å². The maximum absolute atomic E-state index is 13.5. The molecule has 3 aromatic carbocycles. The van der Waals surface area contributed by atoms with Crippen molar-refractivity contribution >= 4 is 34.3 Å². The molecule has 0 aliphatic heterocycles. The number of halogens is 1. The van der Waals surface area contributed by atoms with Crippen molar-refractivity contribution in [1.82, 2.24) is 9.78 Å². The lowest BCUT2D eigenvalue weighted by atomic mass is 9.47. The monoisotopic (exact) mass is 537 g/mol. The number of benzene rings is 3. The summed E-state index contributed by atoms with van der Waals surface area (Å²) in [4.78, 5) is 24.4. The smallest absolute Gasteiger partial charge is 0.303 e. The Bertz CT molecular complexity index is 1620. The largest absolute Gasteiger partial charge is 0.481 e. The molecule has 0 radical (unpaired) electrons. The number of carbonyl (C=O) groups is 2. The van der Waals surface area contributed by atoms with Crippen molar-refractivity contribution in [2.75, 3.05) is 0 Å². The topological polar surface area (TPSA) is 96.0 Å². The van der Waals surface area contributed by atoms with Crippen LogP contribution in [0.5, 0.6) is 0 Å². The van der Waals surface area contributed by atoms with Crippen LogP contribution in [0, 0.1) is 28.6 Å². The van der Waals surface area contributed by atoms with Crippen molar-refractivity contribution in [1.29, 1.82) is 5.26 Å². The van der Waals surface area contributed by atoms with E-state index >= 15 is 0 Å². The first-order valence-corrected chi connectivity index (χ1v) is 13.7. The molecule has 0 amide bonds. The lowest BCUT2D eigenvalue weighted by molar-refractivity contribution is -0.142. The first kappa shape index (κ1) is 25.3. The second-order valence-electron chi connectivity index (χ2n) is 11.3. The maximum Gasteiger partial charge on any atom is 0.303 e. The molecule has 39 heavy (non-hydrogen) atoms. The van der Waals surface area contributed by atoms with Crippen LogP contribution in [0.1, 0.15) is 60.0 Å². The normalized spacial score (nSPS) is 21.7. The van der Waals surface area contributed by atoms with Crippen LogP contribution < -0.4 is 0 Å². The van der Waals surface area contributed by atoms with E-state index in [9.17, 15) is 14.9 Å². The molecule has 7 heteroatoms. The Kier molecular flexibility index (Phi) is 6.48. The van der Waals surface area contributed by atoms with Crippen molar-refractivity contribution in [3.63, 3.8) is 0 Å². The van der Waals surface area contributed by atoms with Gasteiger partial charge >= 0.3 is 5.97 Å². The van der Waals surface area contributed by atoms with Gasteiger partial charge in [-0.25, -0.2) is 0 Å². The van der Waals surface area contributed by atoms with Crippen LogP contribution >= 0.6 is 11.6 Å². The Morgan fingerprint density at radius 2 is 1.72 bits per heavy atom. The molecule has 0 atom stereocenters. The Labute approximate surface area is 231 Å². The van der Waals surface area contributed by atoms with Gasteiger partial charge in [0.1, 0.15) is 0 Å². The summed E-state index contributed by atoms with van der Waals surface area (Å²) in [6.45, 7) is 0.500. The number of hydrogen-bond acceptors (Lipinski definition) is 4. The Hall–Kier alpha value is -3.95. The zero-order valence-electron chi connectivity index (χ0n) is 21.4. The van der Waals surface area contributed by atoms with Gasteiger partial charge in [-0.2, -0.15) is 10.4 Å². The molecular weight excluding hydrogens is 510 g/mol. The zero-order valence-corrected chi connectivity index (χ0v) is 22.2. The summed E-state index contributed by atoms with van der Waals surface area (Å²) in [5.74, 6) is 0.0247. The molecule has 1 N–H and O–H groups in total. The maximum atomic E-state index is 13.5. The van der Waals surface area contributed by atoms with Crippen LogP contribution in [-0.4, -0.2) is 26.6 Å². The van der Waals surface area contributed by atoms with E-state index in [1.54, 1.807) is 18.3 Å². The second-order valence-corrected chi connectivity index (χ2v) is 11.7. The van der Waals surface area contributed by atoms with Crippen LogP contribution in [0.25, 0.3) is 22.0 Å². The van der Waals surface area contributed by atoms with Gasteiger partial charge in [0.25, 0.3) is 0 Å². The van der Waals surface area contributed by atoms with Gasteiger partial charge in [0.2, 0.25) is 0 Å². The summed E-state index contributed by atoms with van der Waals surface area (Å²) in [5.41, 5.74) is 5.36. The molecule has 1 heterocycles. The van der Waals surface area contributed by atoms with E-state index < -0.39 is 5.97 Å². The van der Waals surface area contributed by atoms with Gasteiger partial charge in [-0.1, -0.05) is 48.0 Å². The van der Waals surface area contributed by atoms with Crippen LogP contribution in [0.15, 0.2) is 66.9 Å². The molecule has 4 aromatic rings. The molecule has 2 saturated carbocycles. The fourth-order valence-electron chi connectivity index (χ4n) is 6.83. The third-order valence-corrected chi connectivity index (χ3v) is 8.81. The van der Waals surface area contributed by atoms with Crippen LogP contribution in [0.2, 0.25) is 5.02 Å². The minimum absolute atomic E-state index is 0.104. The fourth-order valence-corrected chi connectivity index (χ4v) is 7.03. The van der Waals surface area contributed by atoms with Gasteiger partial charge < -0.3 is 5.11 Å². The first-order valence-electron chi connectivity index (χ1n) is 13.3. The minimum atomic E-state index is -0.717. The summed E-state index contributed by atoms with van der Waals surface area (Å²) < 4.78 is 1.85. The van der Waals surface area contributed by atoms with Gasteiger partial charge in [0.05, 0.1) is 34.9 Å². The fraction of sp³-hybridized carbons (Fsp3) is 0.312. The number of ketones is 1. The molecule has 196 valence electrons. The number of carboxylic acids is 1. The zero-order chi connectivity index (χ0) is 27.1. The molecule has 0 unspecified atom stereocenters. The number of hydrogen-bond donors (Lipinski definition) is 1. The Morgan fingerprint density at radius 1 is 1.00 bits per heavy atom. The summed E-state index contributed by atoms with van der Waals surface area (Å²) in [6.07, 6.45) is 6.45. The molecule has 1 spiro atoms. The Balaban J connectivity index is 1.17. The molecule has 2 fully saturated rings. The lowest BCUT2D eigenvalue weighted by Crippen LogP contribution is -2.48. The van der Waals surface area contributed by atoms with E-state index in [-0.39, 0.29) is 17.6 Å². The average Bonchev–Trinajstić information content (AvgIpc) is 3.31. The molecule has 6 rings (SSSR count). The van der Waals surface area contributed by atoms with Gasteiger partial charge in [0.15, 0.2) is 5.78 Å². The van der Waals surface area contributed by atoms with Crippen molar-refractivity contribution in [2.24, 2.45) is 17.3 Å². The number of rotatable bonds is 8. The molecule has 2 aliphatic carbocycles. The third kappa shape index (κ3) is 4.95. The van der Waals surface area contributed by atoms with Gasteiger partial charge in [-0.15, -0.1) is 0 Å². The van der Waals surface area contributed by atoms with E-state index in [2.05, 4.69) is 11.2 Å². The highest BCUT2D eigenvalue weighted by atomic mass is 35.5. The number of carbonyl (C=O) groups excluding carboxylic acids is 1. The van der Waals surface area contributed by atoms with E-state index in [0.29, 0.717) is 41.0 Å². The van der Waals surface area contributed by atoms with Crippen molar-refractivity contribution in [3.05, 3.63) is 88.6 Å². The highest BCUT2D eigenvalue weighted by Crippen LogP contribution is 2.62. The number of carboxylic acid groups (broad SMARTS) is 1. The number of fused-ring (bicyclic) bond motifs is 1. The summed E-state index contributed by atoms with van der Waals surface area (Å²) >= 11 is 6.49. The minimum Gasteiger partial charge on any atom is -0.481 e. The van der Waals surface area contributed by atoms with E-state index in [1.807, 2.05) is 53.2 Å². The van der Waals surface area contributed by atoms with Crippen molar-refractivity contribution < 1.29 is 14.7 Å². The van der Waals surface area contributed by atoms with E-state index in [0.717, 1.165) is 53.3 Å². The molecular formula is C32H28ClN3O3. The van der Waals surface area contributed by atoms with E-state index in [4.69, 9.17) is 16.7 Å². The molecule has 2 aliphatic rings. The predicted octanol–water partition coefficient (Wildman–Crippen LogP) is 7.13. The second kappa shape index (κ2) is 9.98. The lowest BCUT2D eigenvalue weighted by Gasteiger charge is -2.58. The van der Waals surface area contributed by atoms with Crippen LogP contribution in [0.3, 0.4) is 0 Å². The highest BCUT2D eigenvalue weighted by Gasteiger charge is 2.53. The van der Waals surface area contributed by atoms with Crippen molar-refractivity contribution in [2.45, 2.75) is 45.1 Å². The van der Waals surface area contributed by atoms with Crippen molar-refractivity contribution in [3.8, 4) is 17.2 Å². The number of aliphatic carboxylic acids is 1. The SMILES string of the molecule is N#Cc1cccc(-c2ccc(Cn3ncc4c(Cl)ccc(C(=O)CC5CC6(CC(CC(=O)O)C6)C5)c43)cc2)c1. The molecule has 0 saturated heterocycles. The van der Waals surface area contributed by atoms with Gasteiger partial charge in [-0.05, 0) is 83.9 Å². The number of nitriles is 1.